The maximum atomic E-state index is 9.60. The fourth-order valence-electron chi connectivity index (χ4n) is 2.93. The molecule has 1 unspecified atom stereocenters. The molecular formula is C15H24N2O2. The molecule has 1 aliphatic heterocycles. The van der Waals surface area contributed by atoms with Gasteiger partial charge in [0.25, 0.3) is 0 Å². The minimum Gasteiger partial charge on any atom is -0.392 e. The normalized spacial score (nSPS) is 19.8. The van der Waals surface area contributed by atoms with E-state index in [1.165, 1.54) is 6.42 Å². The number of pyridine rings is 1. The number of aliphatic hydroxyl groups excluding tert-OH is 1. The van der Waals surface area contributed by atoms with Gasteiger partial charge in [0.1, 0.15) is 5.82 Å². The van der Waals surface area contributed by atoms with Gasteiger partial charge in [0.05, 0.1) is 13.2 Å². The van der Waals surface area contributed by atoms with Crippen LogP contribution >= 0.6 is 0 Å². The Morgan fingerprint density at radius 3 is 2.95 bits per heavy atom. The van der Waals surface area contributed by atoms with Gasteiger partial charge in [-0.05, 0) is 44.2 Å². The molecule has 0 bridgehead atoms. The average Bonchev–Trinajstić information content (AvgIpc) is 2.38. The lowest BCUT2D eigenvalue weighted by Gasteiger charge is -2.34. The molecular weight excluding hydrogens is 240 g/mol. The minimum absolute atomic E-state index is 0.0554. The van der Waals surface area contributed by atoms with Gasteiger partial charge in [0, 0.05) is 31.5 Å². The molecule has 1 saturated heterocycles. The third-order valence-corrected chi connectivity index (χ3v) is 3.83. The molecule has 4 nitrogen and oxygen atoms in total. The van der Waals surface area contributed by atoms with Gasteiger partial charge in [-0.25, -0.2) is 4.98 Å². The van der Waals surface area contributed by atoms with Crippen LogP contribution in [0.25, 0.3) is 0 Å². The first kappa shape index (κ1) is 14.3. The van der Waals surface area contributed by atoms with Gasteiger partial charge in [-0.1, -0.05) is 0 Å². The van der Waals surface area contributed by atoms with E-state index >= 15 is 0 Å². The molecule has 0 amide bonds. The van der Waals surface area contributed by atoms with Crippen LogP contribution in [0.15, 0.2) is 6.07 Å². The number of hydrogen-bond donors (Lipinski definition) is 1. The third kappa shape index (κ3) is 3.25. The lowest BCUT2D eigenvalue weighted by Crippen LogP contribution is -2.38. The van der Waals surface area contributed by atoms with Crippen molar-refractivity contribution in [2.45, 2.75) is 33.3 Å². The average molecular weight is 264 g/mol. The van der Waals surface area contributed by atoms with Gasteiger partial charge in [-0.3, -0.25) is 0 Å². The van der Waals surface area contributed by atoms with Crippen molar-refractivity contribution in [3.05, 3.63) is 22.9 Å². The number of methoxy groups -OCH3 is 1. The number of aryl methyl sites for hydroxylation is 2. The largest absolute Gasteiger partial charge is 0.392 e. The second-order valence-corrected chi connectivity index (χ2v) is 5.45. The Morgan fingerprint density at radius 2 is 2.26 bits per heavy atom. The van der Waals surface area contributed by atoms with Crippen LogP contribution in [0.3, 0.4) is 0 Å². The van der Waals surface area contributed by atoms with E-state index in [1.807, 2.05) is 19.9 Å². The molecule has 1 fully saturated rings. The van der Waals surface area contributed by atoms with E-state index in [0.717, 1.165) is 48.8 Å². The van der Waals surface area contributed by atoms with Gasteiger partial charge in [-0.15, -0.1) is 0 Å². The van der Waals surface area contributed by atoms with Crippen LogP contribution in [-0.2, 0) is 11.3 Å². The number of aromatic nitrogens is 1. The Hall–Kier alpha value is -1.13. The van der Waals surface area contributed by atoms with Crippen LogP contribution in [0.5, 0.6) is 0 Å². The highest BCUT2D eigenvalue weighted by Crippen LogP contribution is 2.27. The van der Waals surface area contributed by atoms with Crippen molar-refractivity contribution < 1.29 is 9.84 Å². The van der Waals surface area contributed by atoms with Gasteiger partial charge in [-0.2, -0.15) is 0 Å². The predicted octanol–water partition coefficient (Wildman–Crippen LogP) is 2.05. The monoisotopic (exact) mass is 264 g/mol. The summed E-state index contributed by atoms with van der Waals surface area (Å²) in [6.07, 6.45) is 2.37. The molecule has 1 atom stereocenters. The molecule has 0 aromatic carbocycles. The number of anilines is 1. The molecule has 0 aliphatic carbocycles. The molecule has 1 N–H and O–H groups in total. The lowest BCUT2D eigenvalue weighted by atomic mass is 9.98. The van der Waals surface area contributed by atoms with Crippen molar-refractivity contribution in [1.82, 2.24) is 4.98 Å². The maximum absolute atomic E-state index is 9.60. The number of ether oxygens (including phenoxy) is 1. The highest BCUT2D eigenvalue weighted by Gasteiger charge is 2.23. The summed E-state index contributed by atoms with van der Waals surface area (Å²) in [7, 11) is 1.76. The number of piperidine rings is 1. The Morgan fingerprint density at radius 1 is 1.47 bits per heavy atom. The summed E-state index contributed by atoms with van der Waals surface area (Å²) in [6.45, 7) is 6.89. The van der Waals surface area contributed by atoms with Crippen molar-refractivity contribution in [2.24, 2.45) is 5.92 Å². The van der Waals surface area contributed by atoms with E-state index in [2.05, 4.69) is 9.88 Å². The topological polar surface area (TPSA) is 45.6 Å². The van der Waals surface area contributed by atoms with Crippen molar-refractivity contribution in [3.63, 3.8) is 0 Å². The zero-order valence-corrected chi connectivity index (χ0v) is 12.1. The van der Waals surface area contributed by atoms with Gasteiger partial charge in [0.15, 0.2) is 0 Å². The number of rotatable bonds is 4. The summed E-state index contributed by atoms with van der Waals surface area (Å²) in [6, 6.07) is 2.03. The van der Waals surface area contributed by atoms with Crippen LogP contribution in [0.4, 0.5) is 5.82 Å². The molecule has 1 aromatic rings. The second kappa shape index (κ2) is 6.35. The number of aliphatic hydroxyl groups is 1. The fourth-order valence-corrected chi connectivity index (χ4v) is 2.93. The molecule has 1 aliphatic rings. The van der Waals surface area contributed by atoms with Crippen molar-refractivity contribution in [2.75, 3.05) is 31.7 Å². The Balaban J connectivity index is 2.25. The smallest absolute Gasteiger partial charge is 0.134 e. The number of nitrogens with zero attached hydrogens (tertiary/aromatic N) is 2. The summed E-state index contributed by atoms with van der Waals surface area (Å²) in [4.78, 5) is 6.95. The second-order valence-electron chi connectivity index (χ2n) is 5.45. The first-order valence-electron chi connectivity index (χ1n) is 6.97. The first-order valence-corrected chi connectivity index (χ1v) is 6.97. The molecule has 0 saturated carbocycles. The van der Waals surface area contributed by atoms with E-state index in [9.17, 15) is 5.11 Å². The Bertz CT molecular complexity index is 432. The third-order valence-electron chi connectivity index (χ3n) is 3.83. The molecule has 2 heterocycles. The lowest BCUT2D eigenvalue weighted by molar-refractivity contribution is 0.143. The minimum atomic E-state index is 0.0554. The van der Waals surface area contributed by atoms with E-state index in [1.54, 1.807) is 7.11 Å². The molecule has 1 aromatic heterocycles. The Labute approximate surface area is 115 Å². The van der Waals surface area contributed by atoms with Crippen LogP contribution in [0.1, 0.15) is 29.7 Å². The quantitative estimate of drug-likeness (QED) is 0.904. The highest BCUT2D eigenvalue weighted by molar-refractivity contribution is 5.51. The molecule has 0 radical (unpaired) electrons. The SMILES string of the molecule is COCC1CCCN(c2nc(C)cc(C)c2CO)C1. The molecule has 2 rings (SSSR count). The molecule has 0 spiro atoms. The summed E-state index contributed by atoms with van der Waals surface area (Å²) in [5, 5.41) is 9.60. The fraction of sp³-hybridized carbons (Fsp3) is 0.667. The zero-order valence-electron chi connectivity index (χ0n) is 12.1. The van der Waals surface area contributed by atoms with Crippen molar-refractivity contribution in [3.8, 4) is 0 Å². The summed E-state index contributed by atoms with van der Waals surface area (Å²) >= 11 is 0. The summed E-state index contributed by atoms with van der Waals surface area (Å²) in [5.41, 5.74) is 3.10. The summed E-state index contributed by atoms with van der Waals surface area (Å²) in [5.74, 6) is 1.52. The summed E-state index contributed by atoms with van der Waals surface area (Å²) < 4.78 is 5.27. The van der Waals surface area contributed by atoms with Gasteiger partial charge in [0.2, 0.25) is 0 Å². The standard InChI is InChI=1S/C15H24N2O2/c1-11-7-12(2)16-15(14(11)9-18)17-6-4-5-13(8-17)10-19-3/h7,13,18H,4-6,8-10H2,1-3H3. The van der Waals surface area contributed by atoms with Gasteiger partial charge >= 0.3 is 0 Å². The molecule has 106 valence electrons. The van der Waals surface area contributed by atoms with Crippen LogP contribution in [0, 0.1) is 19.8 Å². The Kier molecular flexibility index (Phi) is 4.77. The maximum Gasteiger partial charge on any atom is 0.134 e. The van der Waals surface area contributed by atoms with E-state index in [0.29, 0.717) is 5.92 Å². The predicted molar refractivity (Wildman–Crippen MR) is 76.4 cm³/mol. The number of hydrogen-bond acceptors (Lipinski definition) is 4. The van der Waals surface area contributed by atoms with Crippen molar-refractivity contribution >= 4 is 5.82 Å². The van der Waals surface area contributed by atoms with E-state index in [4.69, 9.17) is 4.74 Å². The van der Waals surface area contributed by atoms with Crippen LogP contribution in [-0.4, -0.2) is 36.9 Å². The van der Waals surface area contributed by atoms with Crippen LogP contribution in [0.2, 0.25) is 0 Å². The van der Waals surface area contributed by atoms with Gasteiger partial charge < -0.3 is 14.7 Å². The van der Waals surface area contributed by atoms with Crippen LogP contribution < -0.4 is 4.90 Å². The van der Waals surface area contributed by atoms with Crippen molar-refractivity contribution in [1.29, 1.82) is 0 Å². The van der Waals surface area contributed by atoms with E-state index < -0.39 is 0 Å². The first-order chi connectivity index (χ1) is 9.15. The zero-order chi connectivity index (χ0) is 13.8. The molecule has 19 heavy (non-hydrogen) atoms. The molecule has 4 heteroatoms. The van der Waals surface area contributed by atoms with E-state index in [-0.39, 0.29) is 6.61 Å². The highest BCUT2D eigenvalue weighted by atomic mass is 16.5.